The molecule has 0 aliphatic carbocycles. The molecule has 0 bridgehead atoms. The molecule has 162 valence electrons. The van der Waals surface area contributed by atoms with Crippen molar-refractivity contribution in [2.24, 2.45) is 0 Å². The lowest BCUT2D eigenvalue weighted by atomic mass is 10.1. The van der Waals surface area contributed by atoms with Crippen molar-refractivity contribution >= 4 is 40.7 Å². The minimum atomic E-state index is -0.549. The number of thiophene rings is 1. The van der Waals surface area contributed by atoms with Crippen molar-refractivity contribution in [3.05, 3.63) is 87.6 Å². The number of rotatable bonds is 8. The Morgan fingerprint density at radius 3 is 2.28 bits per heavy atom. The fraction of sp³-hybridized carbons (Fsp3) is 0.167. The average molecular weight is 449 g/mol. The van der Waals surface area contributed by atoms with Crippen LogP contribution in [0.3, 0.4) is 0 Å². The lowest BCUT2D eigenvalue weighted by Gasteiger charge is -2.14. The molecule has 0 saturated carbocycles. The topological polar surface area (TPSA) is 92.8 Å². The highest BCUT2D eigenvalue weighted by atomic mass is 32.1. The molecule has 0 atom stereocenters. The number of nitrogens with zero attached hydrogens (tertiary/aromatic N) is 1. The fourth-order valence-electron chi connectivity index (χ4n) is 3.42. The largest absolute Gasteiger partial charge is 0.462 e. The van der Waals surface area contributed by atoms with Gasteiger partial charge in [0.05, 0.1) is 34.5 Å². The second-order valence-corrected chi connectivity index (χ2v) is 7.94. The van der Waals surface area contributed by atoms with E-state index in [0.717, 1.165) is 0 Å². The number of amides is 3. The molecule has 7 nitrogen and oxygen atoms in total. The molecule has 8 heteroatoms. The summed E-state index contributed by atoms with van der Waals surface area (Å²) in [5, 5.41) is 6.27. The normalized spacial score (nSPS) is 12.6. The summed E-state index contributed by atoms with van der Waals surface area (Å²) in [5.41, 5.74) is 2.00. The van der Waals surface area contributed by atoms with Crippen LogP contribution in [0, 0.1) is 0 Å². The Morgan fingerprint density at radius 2 is 1.59 bits per heavy atom. The van der Waals surface area contributed by atoms with Gasteiger partial charge in [0.25, 0.3) is 17.7 Å². The summed E-state index contributed by atoms with van der Waals surface area (Å²) in [4.78, 5) is 50.8. The third-order valence-corrected chi connectivity index (χ3v) is 5.75. The number of carbonyl (C=O) groups excluding carboxylic acids is 4. The smallest absolute Gasteiger partial charge is 0.340 e. The molecular formula is C24H20N2O5S. The maximum atomic E-state index is 12.5. The Morgan fingerprint density at radius 1 is 0.906 bits per heavy atom. The molecule has 4 rings (SSSR count). The van der Waals surface area contributed by atoms with Crippen LogP contribution in [0.15, 0.2) is 65.4 Å². The number of hydrogen-bond acceptors (Lipinski definition) is 6. The van der Waals surface area contributed by atoms with Gasteiger partial charge < -0.3 is 10.1 Å². The first-order valence-electron chi connectivity index (χ1n) is 10.1. The zero-order valence-electron chi connectivity index (χ0n) is 17.1. The quantitative estimate of drug-likeness (QED) is 0.316. The number of nitrogens with one attached hydrogen (secondary N) is 1. The number of anilines is 1. The molecule has 2 heterocycles. The van der Waals surface area contributed by atoms with Crippen molar-refractivity contribution < 1.29 is 23.9 Å². The number of unbranched alkanes of at least 4 members (excludes halogenated alkanes) is 1. The van der Waals surface area contributed by atoms with Crippen LogP contribution in [-0.2, 0) is 4.74 Å². The average Bonchev–Trinajstić information content (AvgIpc) is 3.43. The van der Waals surface area contributed by atoms with E-state index in [0.29, 0.717) is 35.2 Å². The van der Waals surface area contributed by atoms with Crippen molar-refractivity contribution in [3.8, 4) is 0 Å². The van der Waals surface area contributed by atoms with Crippen LogP contribution in [0.25, 0.3) is 0 Å². The van der Waals surface area contributed by atoms with E-state index in [-0.39, 0.29) is 36.4 Å². The van der Waals surface area contributed by atoms with Gasteiger partial charge in [0.15, 0.2) is 0 Å². The number of carbonyl (C=O) groups is 4. The highest BCUT2D eigenvalue weighted by Crippen LogP contribution is 2.23. The summed E-state index contributed by atoms with van der Waals surface area (Å²) in [7, 11) is 0. The van der Waals surface area contributed by atoms with E-state index in [1.807, 2.05) is 0 Å². The molecule has 0 spiro atoms. The van der Waals surface area contributed by atoms with Crippen LogP contribution >= 0.6 is 11.3 Å². The van der Waals surface area contributed by atoms with E-state index >= 15 is 0 Å². The van der Waals surface area contributed by atoms with E-state index < -0.39 is 5.97 Å². The molecule has 0 radical (unpaired) electrons. The van der Waals surface area contributed by atoms with Gasteiger partial charge in [-0.3, -0.25) is 19.3 Å². The third kappa shape index (κ3) is 4.45. The molecule has 2 aromatic carbocycles. The van der Waals surface area contributed by atoms with E-state index in [1.165, 1.54) is 16.2 Å². The minimum Gasteiger partial charge on any atom is -0.462 e. The van der Waals surface area contributed by atoms with Crippen LogP contribution in [0.2, 0.25) is 0 Å². The van der Waals surface area contributed by atoms with Crippen LogP contribution in [0.5, 0.6) is 0 Å². The molecule has 0 saturated heterocycles. The number of ether oxygens (including phenoxy) is 1. The van der Waals surface area contributed by atoms with Gasteiger partial charge in [-0.2, -0.15) is 11.3 Å². The first-order chi connectivity index (χ1) is 15.6. The van der Waals surface area contributed by atoms with Gasteiger partial charge in [-0.05, 0) is 48.6 Å². The molecule has 32 heavy (non-hydrogen) atoms. The van der Waals surface area contributed by atoms with Gasteiger partial charge in [-0.15, -0.1) is 0 Å². The summed E-state index contributed by atoms with van der Waals surface area (Å²) in [6.07, 6.45) is 0.998. The second-order valence-electron chi connectivity index (χ2n) is 7.16. The Bertz CT molecular complexity index is 1140. The maximum absolute atomic E-state index is 12.5. The molecule has 1 aliphatic rings. The predicted molar refractivity (Wildman–Crippen MR) is 120 cm³/mol. The first kappa shape index (κ1) is 21.5. The van der Waals surface area contributed by atoms with E-state index in [2.05, 4.69) is 5.32 Å². The molecule has 0 unspecified atom stereocenters. The van der Waals surface area contributed by atoms with Crippen molar-refractivity contribution in [3.63, 3.8) is 0 Å². The number of para-hydroxylation sites is 1. The van der Waals surface area contributed by atoms with Crippen molar-refractivity contribution in [1.82, 2.24) is 4.90 Å². The van der Waals surface area contributed by atoms with Crippen LogP contribution in [0.1, 0.15) is 54.3 Å². The number of esters is 1. The number of imide groups is 1. The van der Waals surface area contributed by atoms with Crippen molar-refractivity contribution in [2.45, 2.75) is 12.8 Å². The van der Waals surface area contributed by atoms with Crippen LogP contribution in [-0.4, -0.2) is 41.7 Å². The van der Waals surface area contributed by atoms with Gasteiger partial charge >= 0.3 is 5.97 Å². The van der Waals surface area contributed by atoms with Gasteiger partial charge in [0, 0.05) is 11.9 Å². The zero-order valence-corrected chi connectivity index (χ0v) is 17.9. The fourth-order valence-corrected chi connectivity index (χ4v) is 4.05. The van der Waals surface area contributed by atoms with Crippen LogP contribution in [0.4, 0.5) is 5.69 Å². The minimum absolute atomic E-state index is 0.134. The van der Waals surface area contributed by atoms with Gasteiger partial charge in [-0.25, -0.2) is 4.79 Å². The maximum Gasteiger partial charge on any atom is 0.340 e. The Hall–Kier alpha value is -3.78. The van der Waals surface area contributed by atoms with E-state index in [9.17, 15) is 19.2 Å². The Kier molecular flexibility index (Phi) is 6.42. The highest BCUT2D eigenvalue weighted by Gasteiger charge is 2.34. The van der Waals surface area contributed by atoms with Gasteiger partial charge in [0.1, 0.15) is 0 Å². The molecular weight excluding hydrogens is 428 g/mol. The summed E-state index contributed by atoms with van der Waals surface area (Å²) in [5.74, 6) is -1.44. The predicted octanol–water partition coefficient (Wildman–Crippen LogP) is 4.23. The summed E-state index contributed by atoms with van der Waals surface area (Å²) in [6, 6.07) is 15.1. The molecule has 1 N–H and O–H groups in total. The van der Waals surface area contributed by atoms with Crippen LogP contribution < -0.4 is 5.32 Å². The number of benzene rings is 2. The SMILES string of the molecule is O=C(Nc1ccccc1C(=O)OCCCCN1C(=O)c2ccccc2C1=O)c1ccsc1. The lowest BCUT2D eigenvalue weighted by Crippen LogP contribution is -2.30. The molecule has 3 aromatic rings. The molecule has 1 aliphatic heterocycles. The first-order valence-corrected chi connectivity index (χ1v) is 11.1. The summed E-state index contributed by atoms with van der Waals surface area (Å²) in [6.45, 7) is 0.395. The third-order valence-electron chi connectivity index (χ3n) is 5.07. The highest BCUT2D eigenvalue weighted by molar-refractivity contribution is 7.08. The lowest BCUT2D eigenvalue weighted by molar-refractivity contribution is 0.0486. The van der Waals surface area contributed by atoms with Gasteiger partial charge in [-0.1, -0.05) is 24.3 Å². The number of hydrogen-bond donors (Lipinski definition) is 1. The molecule has 3 amide bonds. The standard InChI is InChI=1S/C24H20N2O5S/c27-21(16-11-14-32-15-16)25-20-10-4-3-9-19(20)24(30)31-13-6-5-12-26-22(28)17-7-1-2-8-18(17)23(26)29/h1-4,7-11,14-15H,5-6,12-13H2,(H,25,27). The van der Waals surface area contributed by atoms with Crippen molar-refractivity contribution in [1.29, 1.82) is 0 Å². The summed E-state index contributed by atoms with van der Waals surface area (Å²) < 4.78 is 5.34. The number of fused-ring (bicyclic) bond motifs is 1. The van der Waals surface area contributed by atoms with Gasteiger partial charge in [0.2, 0.25) is 0 Å². The second kappa shape index (κ2) is 9.57. The monoisotopic (exact) mass is 448 g/mol. The summed E-state index contributed by atoms with van der Waals surface area (Å²) >= 11 is 1.41. The van der Waals surface area contributed by atoms with E-state index in [4.69, 9.17) is 4.74 Å². The van der Waals surface area contributed by atoms with Crippen molar-refractivity contribution in [2.75, 3.05) is 18.5 Å². The Labute approximate surface area is 188 Å². The Balaban J connectivity index is 1.27. The molecule has 0 fully saturated rings. The van der Waals surface area contributed by atoms with E-state index in [1.54, 1.807) is 65.4 Å². The zero-order chi connectivity index (χ0) is 22.5. The molecule has 1 aromatic heterocycles.